The van der Waals surface area contributed by atoms with Crippen LogP contribution in [0.1, 0.15) is 110 Å². The summed E-state index contributed by atoms with van der Waals surface area (Å²) in [4.78, 5) is 63.2. The third kappa shape index (κ3) is 10.9. The van der Waals surface area contributed by atoms with Gasteiger partial charge >= 0.3 is 12.3 Å². The van der Waals surface area contributed by atoms with E-state index in [0.717, 1.165) is 58.2 Å². The molecule has 4 aliphatic rings. The highest BCUT2D eigenvalue weighted by Crippen LogP contribution is 2.59. The molecule has 346 valence electrons. The quantitative estimate of drug-likeness (QED) is 0.125. The fraction of sp³-hybridized carbons (Fsp3) is 0.481. The minimum Gasteiger partial charge on any atom is -0.407 e. The normalized spacial score (nSPS) is 22.3. The van der Waals surface area contributed by atoms with E-state index in [-0.39, 0.29) is 64.6 Å². The Morgan fingerprint density at radius 2 is 0.938 bits per heavy atom. The summed E-state index contributed by atoms with van der Waals surface area (Å²) < 4.78 is 7.42. The predicted octanol–water partition coefficient (Wildman–Crippen LogP) is 8.43. The van der Waals surface area contributed by atoms with Gasteiger partial charge in [-0.2, -0.15) is 19.2 Å². The number of carbonyl (C=O) groups excluding carboxylic acids is 6. The number of aliphatic hydroxyl groups is 1. The molecule has 2 heterocycles. The SMILES string of the molecule is CCC1C(=O)N([C@@H](C)c2ccccc2)C[C@H]1C1(CO)CC1.CCC1C(=O)N([C@@H](C)c2ccccc2)C[C@H]1C1(CO[Si](c2ccccc2)(c2ccccc2)C(C)(C)C)CC1.O=C=O.O=C=O. The number of likely N-dealkylation sites (tertiary alicyclic amines) is 2. The Morgan fingerprint density at radius 3 is 1.23 bits per heavy atom. The van der Waals surface area contributed by atoms with Crippen molar-refractivity contribution in [3.8, 4) is 0 Å². The van der Waals surface area contributed by atoms with Crippen molar-refractivity contribution >= 4 is 42.8 Å². The van der Waals surface area contributed by atoms with Gasteiger partial charge in [-0.15, -0.1) is 0 Å². The number of aliphatic hydroxyl groups excluding tert-OH is 1. The second-order valence-corrected chi connectivity index (χ2v) is 23.7. The van der Waals surface area contributed by atoms with Crippen molar-refractivity contribution in [1.82, 2.24) is 9.80 Å². The van der Waals surface area contributed by atoms with Gasteiger partial charge in [0.25, 0.3) is 8.32 Å². The van der Waals surface area contributed by atoms with E-state index in [4.69, 9.17) is 23.6 Å². The molecular weight excluding hydrogens is 833 g/mol. The van der Waals surface area contributed by atoms with Crippen molar-refractivity contribution in [2.75, 3.05) is 26.3 Å². The van der Waals surface area contributed by atoms with Crippen LogP contribution in [0, 0.1) is 34.5 Å². The molecule has 0 bridgehead atoms. The van der Waals surface area contributed by atoms with E-state index in [1.807, 2.05) is 29.2 Å². The van der Waals surface area contributed by atoms with Crippen LogP contribution in [0.4, 0.5) is 0 Å². The summed E-state index contributed by atoms with van der Waals surface area (Å²) in [5.41, 5.74) is 2.51. The molecule has 4 aromatic carbocycles. The van der Waals surface area contributed by atoms with Gasteiger partial charge < -0.3 is 19.3 Å². The van der Waals surface area contributed by atoms with Crippen LogP contribution >= 0.6 is 0 Å². The van der Waals surface area contributed by atoms with Crippen molar-refractivity contribution < 1.29 is 38.3 Å². The molecule has 4 fully saturated rings. The minimum atomic E-state index is -2.61. The predicted molar refractivity (Wildman–Crippen MR) is 252 cm³/mol. The second-order valence-electron chi connectivity index (χ2n) is 19.4. The summed E-state index contributed by atoms with van der Waals surface area (Å²) in [6, 6.07) is 42.8. The first-order valence-electron chi connectivity index (χ1n) is 23.2. The van der Waals surface area contributed by atoms with Crippen molar-refractivity contribution in [3.63, 3.8) is 0 Å². The van der Waals surface area contributed by atoms with E-state index in [9.17, 15) is 14.7 Å². The molecule has 2 saturated carbocycles. The van der Waals surface area contributed by atoms with Gasteiger partial charge in [-0.05, 0) is 102 Å². The van der Waals surface area contributed by atoms with Crippen LogP contribution in [0.3, 0.4) is 0 Å². The molecule has 2 aliphatic heterocycles. The maximum absolute atomic E-state index is 13.7. The lowest BCUT2D eigenvalue weighted by Crippen LogP contribution is -2.67. The number of amides is 2. The molecule has 2 unspecified atom stereocenters. The zero-order chi connectivity index (χ0) is 47.4. The summed E-state index contributed by atoms with van der Waals surface area (Å²) in [5, 5.41) is 12.3. The minimum absolute atomic E-state index is 0.0293. The van der Waals surface area contributed by atoms with Crippen LogP contribution in [0.2, 0.25) is 5.04 Å². The Morgan fingerprint density at radius 1 is 0.615 bits per heavy atom. The molecule has 2 saturated heterocycles. The molecule has 11 heteroatoms. The lowest BCUT2D eigenvalue weighted by molar-refractivity contribution is -0.193. The first-order valence-corrected chi connectivity index (χ1v) is 25.2. The summed E-state index contributed by atoms with van der Waals surface area (Å²) >= 11 is 0. The Balaban J connectivity index is 0.000000246. The highest BCUT2D eigenvalue weighted by Gasteiger charge is 2.60. The van der Waals surface area contributed by atoms with E-state index in [0.29, 0.717) is 17.7 Å². The average Bonchev–Trinajstić information content (AvgIpc) is 4.24. The van der Waals surface area contributed by atoms with Gasteiger partial charge in [0, 0.05) is 38.1 Å². The molecule has 4 aromatic rings. The molecule has 65 heavy (non-hydrogen) atoms. The Bertz CT molecular complexity index is 2150. The fourth-order valence-electron chi connectivity index (χ4n) is 10.9. The first-order chi connectivity index (χ1) is 31.2. The lowest BCUT2D eigenvalue weighted by atomic mass is 9.80. The van der Waals surface area contributed by atoms with Crippen molar-refractivity contribution in [1.29, 1.82) is 0 Å². The van der Waals surface area contributed by atoms with E-state index in [2.05, 4.69) is 150 Å². The summed E-state index contributed by atoms with van der Waals surface area (Å²) in [5.74, 6) is 1.43. The number of benzene rings is 4. The first kappa shape index (κ1) is 50.7. The molecule has 0 radical (unpaired) electrons. The Hall–Kier alpha value is -5.28. The molecule has 2 aliphatic carbocycles. The summed E-state index contributed by atoms with van der Waals surface area (Å²) in [6.07, 6.45) is 6.71. The molecule has 2 amide bonds. The van der Waals surface area contributed by atoms with Crippen molar-refractivity contribution in [2.45, 2.75) is 104 Å². The maximum Gasteiger partial charge on any atom is 0.373 e. The zero-order valence-corrected chi connectivity index (χ0v) is 40.3. The average molecular weight is 901 g/mol. The molecular formula is C54H68N2O8Si. The number of hydrogen-bond donors (Lipinski definition) is 1. The van der Waals surface area contributed by atoms with Crippen LogP contribution in [-0.4, -0.2) is 73.6 Å². The van der Waals surface area contributed by atoms with E-state index in [1.54, 1.807) is 0 Å². The topological polar surface area (TPSA) is 138 Å². The Labute approximate surface area is 386 Å². The summed E-state index contributed by atoms with van der Waals surface area (Å²) in [7, 11) is -2.61. The standard InChI is InChI=1S/C34H43NO2Si.C18H25NO2.2CO2/c1-6-30-31(24-35(32(30)36)26(2)27-16-10-7-11-17-27)34(22-23-34)25-37-38(33(3,4)5,28-18-12-8-13-19-28)29-20-14-9-15-21-29;1-3-15-16(18(12-20)9-10-18)11-19(17(15)21)13(2)14-7-5-4-6-8-14;2*2-1-3/h7-21,26,30-31H,6,22-25H2,1-5H3;4-8,13,15-16,20H,3,9-12H2,1-2H3;;/t26-,30?,31+;13-,15?,16+;;/m00../s1. The van der Waals surface area contributed by atoms with Gasteiger partial charge in [-0.3, -0.25) is 9.59 Å². The smallest absolute Gasteiger partial charge is 0.373 e. The van der Waals surface area contributed by atoms with Crippen LogP contribution in [0.5, 0.6) is 0 Å². The maximum atomic E-state index is 13.7. The molecule has 0 aromatic heterocycles. The van der Waals surface area contributed by atoms with Gasteiger partial charge in [0.15, 0.2) is 0 Å². The van der Waals surface area contributed by atoms with Crippen LogP contribution < -0.4 is 10.4 Å². The van der Waals surface area contributed by atoms with Crippen LogP contribution in [-0.2, 0) is 33.2 Å². The number of rotatable bonds is 14. The van der Waals surface area contributed by atoms with Gasteiger partial charge in [0.1, 0.15) is 0 Å². The second kappa shape index (κ2) is 22.3. The van der Waals surface area contributed by atoms with Gasteiger partial charge in [-0.1, -0.05) is 156 Å². The molecule has 6 atom stereocenters. The Kier molecular flexibility index (Phi) is 17.4. The molecule has 0 spiro atoms. The van der Waals surface area contributed by atoms with E-state index < -0.39 is 8.32 Å². The number of hydrogen-bond acceptors (Lipinski definition) is 8. The monoisotopic (exact) mass is 900 g/mol. The lowest BCUT2D eigenvalue weighted by Gasteiger charge is -2.44. The van der Waals surface area contributed by atoms with Gasteiger partial charge in [-0.25, -0.2) is 0 Å². The largest absolute Gasteiger partial charge is 0.407 e. The molecule has 1 N–H and O–H groups in total. The van der Waals surface area contributed by atoms with Gasteiger partial charge in [0.2, 0.25) is 11.8 Å². The summed E-state index contributed by atoms with van der Waals surface area (Å²) in [6.45, 7) is 18.2. The van der Waals surface area contributed by atoms with Crippen molar-refractivity contribution in [2.24, 2.45) is 34.5 Å². The zero-order valence-electron chi connectivity index (χ0n) is 39.3. The third-order valence-corrected chi connectivity index (χ3v) is 20.0. The molecule has 8 rings (SSSR count). The van der Waals surface area contributed by atoms with E-state index >= 15 is 0 Å². The number of nitrogens with zero attached hydrogens (tertiary/aromatic N) is 2. The number of carbonyl (C=O) groups is 2. The van der Waals surface area contributed by atoms with E-state index in [1.165, 1.54) is 21.5 Å². The van der Waals surface area contributed by atoms with Crippen LogP contribution in [0.15, 0.2) is 121 Å². The fourth-order valence-corrected chi connectivity index (χ4v) is 15.6. The van der Waals surface area contributed by atoms with Crippen molar-refractivity contribution in [3.05, 3.63) is 132 Å². The highest BCUT2D eigenvalue weighted by molar-refractivity contribution is 6.99. The van der Waals surface area contributed by atoms with Gasteiger partial charge in [0.05, 0.1) is 12.1 Å². The third-order valence-electron chi connectivity index (χ3n) is 15.0. The molecule has 10 nitrogen and oxygen atoms in total. The highest BCUT2D eigenvalue weighted by atomic mass is 28.4. The van der Waals surface area contributed by atoms with Crippen LogP contribution in [0.25, 0.3) is 0 Å².